The Hall–Kier alpha value is -3.26. The van der Waals surface area contributed by atoms with Gasteiger partial charge >= 0.3 is 0 Å². The number of nitrogen functional groups attached to an aromatic ring is 1. The molecule has 0 amide bonds. The minimum Gasteiger partial charge on any atom is -0.399 e. The summed E-state index contributed by atoms with van der Waals surface area (Å²) in [6.07, 6.45) is 6.68. The molecule has 7 nitrogen and oxygen atoms in total. The number of nitrogens with two attached hydrogens (primary N) is 1. The van der Waals surface area contributed by atoms with Crippen molar-refractivity contribution >= 4 is 33.0 Å². The SMILES string of the molecule is Nc1ccc(S(=O)(=O)N2N=C(c3ccccc3)C3C(=O)C(=O)C4C5CCCCC5=CCC4C32)cc1. The standard InChI is InChI=1S/C27H27N3O4S/c28-18-11-13-19(14-12-18)35(33,34)30-25-21-15-10-16-6-4-5-9-20(16)22(21)26(31)27(32)23(25)24(29-30)17-7-2-1-3-8-17/h1-3,7-8,10-14,20-23,25H,4-6,9,15,28H2. The summed E-state index contributed by atoms with van der Waals surface area (Å²) in [7, 11) is -4.08. The first-order valence-corrected chi connectivity index (χ1v) is 13.6. The highest BCUT2D eigenvalue weighted by molar-refractivity contribution is 7.89. The van der Waals surface area contributed by atoms with Gasteiger partial charge in [0.1, 0.15) is 0 Å². The van der Waals surface area contributed by atoms with E-state index < -0.39 is 33.7 Å². The van der Waals surface area contributed by atoms with Crippen LogP contribution in [-0.4, -0.2) is 36.2 Å². The average Bonchev–Trinajstić information content (AvgIpc) is 3.29. The van der Waals surface area contributed by atoms with Crippen molar-refractivity contribution in [2.24, 2.45) is 28.8 Å². The molecule has 1 heterocycles. The van der Waals surface area contributed by atoms with E-state index in [1.165, 1.54) is 29.8 Å². The van der Waals surface area contributed by atoms with E-state index in [-0.39, 0.29) is 22.5 Å². The van der Waals surface area contributed by atoms with Gasteiger partial charge in [-0.05, 0) is 67.3 Å². The normalized spacial score (nSPS) is 30.2. The molecule has 0 saturated heterocycles. The molecule has 2 saturated carbocycles. The number of sulfonamides is 1. The van der Waals surface area contributed by atoms with Crippen molar-refractivity contribution in [2.45, 2.75) is 43.0 Å². The lowest BCUT2D eigenvalue weighted by atomic mass is 9.57. The van der Waals surface area contributed by atoms with Crippen LogP contribution in [-0.2, 0) is 19.6 Å². The number of anilines is 1. The fourth-order valence-electron chi connectivity index (χ4n) is 6.53. The molecule has 5 unspecified atom stereocenters. The molecule has 0 aromatic heterocycles. The number of hydrogen-bond acceptors (Lipinski definition) is 6. The maximum atomic E-state index is 13.9. The molecule has 8 heteroatoms. The van der Waals surface area contributed by atoms with Crippen LogP contribution in [0.3, 0.4) is 0 Å². The van der Waals surface area contributed by atoms with Crippen LogP contribution in [0.2, 0.25) is 0 Å². The van der Waals surface area contributed by atoms with E-state index in [1.807, 2.05) is 18.2 Å². The number of ketones is 2. The molecule has 4 aliphatic rings. The fraction of sp³-hybridized carbons (Fsp3) is 0.370. The Balaban J connectivity index is 1.51. The molecule has 2 aromatic rings. The van der Waals surface area contributed by atoms with Crippen molar-refractivity contribution in [1.82, 2.24) is 4.41 Å². The van der Waals surface area contributed by atoms with E-state index in [1.54, 1.807) is 12.1 Å². The number of allylic oxidation sites excluding steroid dienone is 2. The third-order valence-corrected chi connectivity index (χ3v) is 9.80. The number of Topliss-reactive ketones (excluding diaryl/α,β-unsaturated/α-hetero) is 2. The first kappa shape index (κ1) is 22.2. The highest BCUT2D eigenvalue weighted by Gasteiger charge is 2.61. The van der Waals surface area contributed by atoms with Crippen LogP contribution >= 0.6 is 0 Å². The maximum absolute atomic E-state index is 13.9. The second-order valence-electron chi connectivity index (χ2n) is 9.95. The monoisotopic (exact) mass is 489 g/mol. The van der Waals surface area contributed by atoms with Crippen molar-refractivity contribution in [3.05, 3.63) is 71.8 Å². The Bertz CT molecular complexity index is 1360. The number of hydrogen-bond donors (Lipinski definition) is 1. The van der Waals surface area contributed by atoms with Crippen LogP contribution < -0.4 is 5.73 Å². The summed E-state index contributed by atoms with van der Waals surface area (Å²) in [6.45, 7) is 0. The van der Waals surface area contributed by atoms with Gasteiger partial charge in [-0.3, -0.25) is 9.59 Å². The lowest BCUT2D eigenvalue weighted by molar-refractivity contribution is -0.148. The number of carbonyl (C=O) groups is 2. The van der Waals surface area contributed by atoms with Crippen molar-refractivity contribution < 1.29 is 18.0 Å². The number of benzene rings is 2. The molecule has 3 aliphatic carbocycles. The van der Waals surface area contributed by atoms with E-state index in [4.69, 9.17) is 5.73 Å². The second kappa shape index (κ2) is 8.16. The molecular formula is C27H27N3O4S. The summed E-state index contributed by atoms with van der Waals surface area (Å²) in [5.41, 5.74) is 8.51. The smallest absolute Gasteiger partial charge is 0.279 e. The van der Waals surface area contributed by atoms with E-state index in [0.717, 1.165) is 30.1 Å². The predicted molar refractivity (Wildman–Crippen MR) is 132 cm³/mol. The van der Waals surface area contributed by atoms with Gasteiger partial charge in [0.05, 0.1) is 22.6 Å². The Morgan fingerprint density at radius 2 is 1.69 bits per heavy atom. The topological polar surface area (TPSA) is 110 Å². The summed E-state index contributed by atoms with van der Waals surface area (Å²) in [5.74, 6) is -2.55. The fourth-order valence-corrected chi connectivity index (χ4v) is 8.02. The average molecular weight is 490 g/mol. The summed E-state index contributed by atoms with van der Waals surface area (Å²) in [6, 6.07) is 14.4. The van der Waals surface area contributed by atoms with Crippen molar-refractivity contribution in [3.8, 4) is 0 Å². The number of carbonyl (C=O) groups excluding carboxylic acids is 2. The van der Waals surface area contributed by atoms with Gasteiger partial charge in [0.2, 0.25) is 11.6 Å². The van der Waals surface area contributed by atoms with E-state index in [2.05, 4.69) is 11.2 Å². The van der Waals surface area contributed by atoms with Crippen molar-refractivity contribution in [2.75, 3.05) is 5.73 Å². The second-order valence-corrected chi connectivity index (χ2v) is 11.7. The molecule has 1 aliphatic heterocycles. The molecule has 6 rings (SSSR count). The van der Waals surface area contributed by atoms with E-state index in [9.17, 15) is 18.0 Å². The lowest BCUT2D eigenvalue weighted by Gasteiger charge is -2.47. The minimum absolute atomic E-state index is 0.0155. The van der Waals surface area contributed by atoms with E-state index in [0.29, 0.717) is 23.4 Å². The molecule has 2 N–H and O–H groups in total. The Morgan fingerprint density at radius 1 is 0.943 bits per heavy atom. The summed E-state index contributed by atoms with van der Waals surface area (Å²) in [5, 5.41) is 4.59. The van der Waals surface area contributed by atoms with Crippen molar-refractivity contribution in [3.63, 3.8) is 0 Å². The zero-order valence-corrected chi connectivity index (χ0v) is 20.0. The van der Waals surface area contributed by atoms with Crippen LogP contribution in [0.15, 0.2) is 76.2 Å². The van der Waals surface area contributed by atoms with Crippen molar-refractivity contribution in [1.29, 1.82) is 0 Å². The van der Waals surface area contributed by atoms with Gasteiger partial charge < -0.3 is 5.73 Å². The van der Waals surface area contributed by atoms with Crippen LogP contribution in [0.1, 0.15) is 37.7 Å². The number of rotatable bonds is 3. The van der Waals surface area contributed by atoms with Gasteiger partial charge in [0.15, 0.2) is 0 Å². The zero-order valence-electron chi connectivity index (χ0n) is 19.2. The molecule has 35 heavy (non-hydrogen) atoms. The Labute approximate surface area is 204 Å². The highest BCUT2D eigenvalue weighted by Crippen LogP contribution is 2.52. The van der Waals surface area contributed by atoms with Gasteiger partial charge in [-0.1, -0.05) is 48.4 Å². The number of nitrogens with zero attached hydrogens (tertiary/aromatic N) is 2. The molecule has 2 fully saturated rings. The van der Waals surface area contributed by atoms with Gasteiger partial charge in [-0.15, -0.1) is 0 Å². The van der Waals surface area contributed by atoms with Gasteiger partial charge in [-0.25, -0.2) is 0 Å². The first-order chi connectivity index (χ1) is 16.9. The molecule has 0 spiro atoms. The summed E-state index contributed by atoms with van der Waals surface area (Å²) in [4.78, 5) is 27.3. The number of hydrazone groups is 1. The Kier molecular flexibility index (Phi) is 5.18. The van der Waals surface area contributed by atoms with Crippen LogP contribution in [0.4, 0.5) is 5.69 Å². The Morgan fingerprint density at radius 3 is 2.43 bits per heavy atom. The summed E-state index contributed by atoms with van der Waals surface area (Å²) >= 11 is 0. The molecule has 0 bridgehead atoms. The van der Waals surface area contributed by atoms with Crippen LogP contribution in [0, 0.1) is 23.7 Å². The minimum atomic E-state index is -4.08. The third-order valence-electron chi connectivity index (χ3n) is 8.11. The lowest BCUT2D eigenvalue weighted by Crippen LogP contribution is -2.58. The molecule has 2 aromatic carbocycles. The molecule has 0 radical (unpaired) electrons. The molecule has 5 atom stereocenters. The largest absolute Gasteiger partial charge is 0.399 e. The van der Waals surface area contributed by atoms with Crippen LogP contribution in [0.25, 0.3) is 0 Å². The van der Waals surface area contributed by atoms with Gasteiger partial charge in [0, 0.05) is 11.6 Å². The summed E-state index contributed by atoms with van der Waals surface area (Å²) < 4.78 is 28.9. The van der Waals surface area contributed by atoms with E-state index >= 15 is 0 Å². The number of fused-ring (bicyclic) bond motifs is 5. The predicted octanol–water partition coefficient (Wildman–Crippen LogP) is 3.57. The molecular weight excluding hydrogens is 462 g/mol. The van der Waals surface area contributed by atoms with Gasteiger partial charge in [-0.2, -0.15) is 17.9 Å². The quantitative estimate of drug-likeness (QED) is 0.403. The highest BCUT2D eigenvalue weighted by atomic mass is 32.2. The van der Waals surface area contributed by atoms with Gasteiger partial charge in [0.25, 0.3) is 10.0 Å². The maximum Gasteiger partial charge on any atom is 0.279 e. The third kappa shape index (κ3) is 3.37. The first-order valence-electron chi connectivity index (χ1n) is 12.2. The van der Waals surface area contributed by atoms with Crippen LogP contribution in [0.5, 0.6) is 0 Å². The molecule has 180 valence electrons. The zero-order chi connectivity index (χ0) is 24.3.